The fourth-order valence-electron chi connectivity index (χ4n) is 12.7. The number of aliphatic hydroxyl groups is 11. The monoisotopic (exact) mass is 1430 g/mol. The Morgan fingerprint density at radius 3 is 1.11 bits per heavy atom. The molecule has 19 heteroatoms. The minimum Gasteiger partial charge on any atom is -0.394 e. The van der Waals surface area contributed by atoms with Crippen LogP contribution in [0.1, 0.15) is 271 Å². The molecule has 0 aromatic carbocycles. The van der Waals surface area contributed by atoms with Crippen LogP contribution in [-0.2, 0) is 33.2 Å². The quantitative estimate of drug-likeness (QED) is 0.0199. The van der Waals surface area contributed by atoms with Crippen molar-refractivity contribution in [3.05, 3.63) is 109 Å². The van der Waals surface area contributed by atoms with E-state index in [2.05, 4.69) is 116 Å². The molecule has 3 aliphatic rings. The van der Waals surface area contributed by atoms with Crippen molar-refractivity contribution in [2.45, 2.75) is 375 Å². The van der Waals surface area contributed by atoms with Crippen LogP contribution in [0.4, 0.5) is 0 Å². The Labute approximate surface area is 608 Å². The highest BCUT2D eigenvalue weighted by Crippen LogP contribution is 2.33. The number of aliphatic hydroxyl groups excluding tert-OH is 11. The standard InChI is InChI=1S/C82H141NO18/c1-3-5-7-9-11-13-15-17-19-21-23-25-27-29-31-32-34-36-38-40-42-44-46-48-50-52-54-56-58-60-70(88)83-65(66(87)59-57-55-53-51-49-47-45-43-41-39-37-35-33-30-28-26-24-22-20-18-16-14-12-10-8-6-4-2)64-96-80-76(94)73(91)78(68(62-85)98-80)101-82-77(95)74(92)79(69(63-86)99-82)100-81-75(93)72(90)71(89)67(61-84)97-81/h5,7,11,13,17,19,23,25,29,31,34,36,41,43,49,51,57,59,65-69,71-82,84-87,89-95H,3-4,6,8-10,12,14-16,18,20-22,24,26-28,30,32-33,35,37-40,42,44-48,50,52-56,58,60-64H2,1-2H3,(H,83,88)/b7-5-,13-11-,19-17-,25-23-,31-29-,36-34-,43-41+,51-49+,59-57+. The first-order chi connectivity index (χ1) is 49.3. The normalized spacial score (nSPS) is 26.9. The Balaban J connectivity index is 1.41. The third-order valence-electron chi connectivity index (χ3n) is 19.0. The van der Waals surface area contributed by atoms with Crippen LogP contribution in [0.3, 0.4) is 0 Å². The van der Waals surface area contributed by atoms with Crippen molar-refractivity contribution in [1.29, 1.82) is 0 Å². The summed E-state index contributed by atoms with van der Waals surface area (Å²) >= 11 is 0. The number of nitrogens with one attached hydrogen (secondary N) is 1. The maximum Gasteiger partial charge on any atom is 0.220 e. The highest BCUT2D eigenvalue weighted by molar-refractivity contribution is 5.76. The molecule has 19 nitrogen and oxygen atoms in total. The number of unbranched alkanes of at least 4 members (excludes halogenated alkanes) is 29. The molecule has 0 bridgehead atoms. The molecule has 12 N–H and O–H groups in total. The maximum absolute atomic E-state index is 13.5. The first-order valence-corrected chi connectivity index (χ1v) is 39.6. The molecular formula is C82H141NO18. The molecule has 0 radical (unpaired) electrons. The van der Waals surface area contributed by atoms with Crippen LogP contribution in [-0.4, -0.2) is 193 Å². The molecule has 1 amide bonds. The summed E-state index contributed by atoms with van der Waals surface area (Å²) in [4.78, 5) is 13.5. The van der Waals surface area contributed by atoms with Gasteiger partial charge in [0.05, 0.1) is 38.6 Å². The number of allylic oxidation sites excluding steroid dienone is 17. The second-order valence-corrected chi connectivity index (χ2v) is 27.8. The van der Waals surface area contributed by atoms with Crippen LogP contribution in [0.15, 0.2) is 109 Å². The molecule has 3 saturated heterocycles. The van der Waals surface area contributed by atoms with Gasteiger partial charge in [-0.3, -0.25) is 4.79 Å². The highest BCUT2D eigenvalue weighted by Gasteiger charge is 2.53. The lowest BCUT2D eigenvalue weighted by Gasteiger charge is -2.48. The molecule has 3 fully saturated rings. The smallest absolute Gasteiger partial charge is 0.220 e. The minimum atomic E-state index is -1.99. The first-order valence-electron chi connectivity index (χ1n) is 39.6. The molecule has 0 spiro atoms. The van der Waals surface area contributed by atoms with Gasteiger partial charge in [-0.1, -0.05) is 277 Å². The molecule has 0 saturated carbocycles. The van der Waals surface area contributed by atoms with E-state index in [-0.39, 0.29) is 18.9 Å². The van der Waals surface area contributed by atoms with Crippen molar-refractivity contribution in [3.63, 3.8) is 0 Å². The van der Waals surface area contributed by atoms with Crippen molar-refractivity contribution in [2.75, 3.05) is 26.4 Å². The maximum atomic E-state index is 13.5. The summed E-state index contributed by atoms with van der Waals surface area (Å²) < 4.78 is 34.4. The van der Waals surface area contributed by atoms with Crippen molar-refractivity contribution < 1.29 is 89.4 Å². The van der Waals surface area contributed by atoms with Gasteiger partial charge >= 0.3 is 0 Å². The molecule has 17 atom stereocenters. The van der Waals surface area contributed by atoms with Gasteiger partial charge in [-0.2, -0.15) is 0 Å². The second-order valence-electron chi connectivity index (χ2n) is 27.8. The van der Waals surface area contributed by atoms with E-state index in [1.54, 1.807) is 6.08 Å². The van der Waals surface area contributed by atoms with E-state index in [1.807, 2.05) is 6.08 Å². The third kappa shape index (κ3) is 41.8. The van der Waals surface area contributed by atoms with Crippen molar-refractivity contribution in [2.24, 2.45) is 0 Å². The van der Waals surface area contributed by atoms with Gasteiger partial charge in [0.2, 0.25) is 5.91 Å². The molecule has 0 aromatic rings. The van der Waals surface area contributed by atoms with Crippen LogP contribution < -0.4 is 5.32 Å². The molecule has 3 aliphatic heterocycles. The fourth-order valence-corrected chi connectivity index (χ4v) is 12.7. The third-order valence-corrected chi connectivity index (χ3v) is 19.0. The van der Waals surface area contributed by atoms with E-state index in [0.29, 0.717) is 12.8 Å². The van der Waals surface area contributed by atoms with Crippen LogP contribution in [0.5, 0.6) is 0 Å². The number of hydrogen-bond donors (Lipinski definition) is 12. The number of rotatable bonds is 61. The van der Waals surface area contributed by atoms with E-state index in [1.165, 1.54) is 141 Å². The van der Waals surface area contributed by atoms with Gasteiger partial charge in [-0.15, -0.1) is 0 Å². The van der Waals surface area contributed by atoms with Crippen molar-refractivity contribution >= 4 is 5.91 Å². The Morgan fingerprint density at radius 1 is 0.366 bits per heavy atom. The first kappa shape index (κ1) is 91.7. The zero-order valence-corrected chi connectivity index (χ0v) is 62.1. The van der Waals surface area contributed by atoms with Gasteiger partial charge in [0.25, 0.3) is 0 Å². The van der Waals surface area contributed by atoms with E-state index >= 15 is 0 Å². The van der Waals surface area contributed by atoms with Crippen LogP contribution >= 0.6 is 0 Å². The topological polar surface area (TPSA) is 307 Å². The van der Waals surface area contributed by atoms with Gasteiger partial charge in [0.15, 0.2) is 18.9 Å². The van der Waals surface area contributed by atoms with Gasteiger partial charge in [0, 0.05) is 6.42 Å². The largest absolute Gasteiger partial charge is 0.394 e. The van der Waals surface area contributed by atoms with Gasteiger partial charge in [-0.25, -0.2) is 0 Å². The number of amides is 1. The molecule has 17 unspecified atom stereocenters. The summed E-state index contributed by atoms with van der Waals surface area (Å²) in [5.74, 6) is -0.297. The summed E-state index contributed by atoms with van der Waals surface area (Å²) in [6.07, 6.45) is 57.8. The lowest BCUT2D eigenvalue weighted by molar-refractivity contribution is -0.379. The SMILES string of the molecule is CC/C=C\C/C=C\C/C=C\C/C=C\C/C=C\C/C=C\CCCCCCCCCCCCC(=O)NC(COC1OC(CO)C(OC2OC(CO)C(OC3OC(CO)C(O)C(O)C3O)C(O)C2O)C(O)C1O)C(O)/C=C/CC/C=C/CC/C=C/CCCCCCCCCCCCCCCCCCC. The Bertz CT molecular complexity index is 2250. The van der Waals surface area contributed by atoms with Gasteiger partial charge < -0.3 is 89.9 Å². The molecular weight excluding hydrogens is 1290 g/mol. The molecule has 582 valence electrons. The predicted molar refractivity (Wildman–Crippen MR) is 401 cm³/mol. The van der Waals surface area contributed by atoms with Crippen molar-refractivity contribution in [1.82, 2.24) is 5.32 Å². The van der Waals surface area contributed by atoms with Crippen LogP contribution in [0, 0.1) is 0 Å². The summed E-state index contributed by atoms with van der Waals surface area (Å²) in [7, 11) is 0. The lowest BCUT2D eigenvalue weighted by Crippen LogP contribution is -2.66. The zero-order valence-electron chi connectivity index (χ0n) is 62.1. The van der Waals surface area contributed by atoms with Gasteiger partial charge in [-0.05, 0) is 96.3 Å². The second kappa shape index (κ2) is 61.6. The summed E-state index contributed by atoms with van der Waals surface area (Å²) in [5.41, 5.74) is 0. The average Bonchev–Trinajstić information content (AvgIpc) is 0.796. The lowest BCUT2D eigenvalue weighted by atomic mass is 9.96. The summed E-state index contributed by atoms with van der Waals surface area (Å²) in [5, 5.41) is 121. The Morgan fingerprint density at radius 2 is 0.693 bits per heavy atom. The summed E-state index contributed by atoms with van der Waals surface area (Å²) in [6.45, 7) is 1.61. The number of carbonyl (C=O) groups is 1. The van der Waals surface area contributed by atoms with E-state index in [9.17, 15) is 61.0 Å². The molecule has 0 aromatic heterocycles. The molecule has 3 heterocycles. The highest BCUT2D eigenvalue weighted by atomic mass is 16.8. The molecule has 3 rings (SSSR count). The Kier molecular flexibility index (Phi) is 55.9. The zero-order chi connectivity index (χ0) is 73.2. The fraction of sp³-hybridized carbons (Fsp3) is 0.768. The number of hydrogen-bond acceptors (Lipinski definition) is 18. The predicted octanol–water partition coefficient (Wildman–Crippen LogP) is 12.9. The van der Waals surface area contributed by atoms with Crippen LogP contribution in [0.2, 0.25) is 0 Å². The molecule has 0 aliphatic carbocycles. The summed E-state index contributed by atoms with van der Waals surface area (Å²) in [6, 6.07) is -1.01. The van der Waals surface area contributed by atoms with E-state index < -0.39 is 124 Å². The Hall–Kier alpha value is -3.55. The molecule has 101 heavy (non-hydrogen) atoms. The minimum absolute atomic E-state index is 0.220. The van der Waals surface area contributed by atoms with Crippen LogP contribution in [0.25, 0.3) is 0 Å². The average molecular weight is 1430 g/mol. The van der Waals surface area contributed by atoms with Crippen molar-refractivity contribution in [3.8, 4) is 0 Å². The van der Waals surface area contributed by atoms with Gasteiger partial charge in [0.1, 0.15) is 73.2 Å². The number of carbonyl (C=O) groups excluding carboxylic acids is 1. The van der Waals surface area contributed by atoms with E-state index in [0.717, 1.165) is 96.3 Å². The van der Waals surface area contributed by atoms with E-state index in [4.69, 9.17) is 28.4 Å². The number of ether oxygens (including phenoxy) is 6.